The maximum absolute atomic E-state index is 12.7. The Morgan fingerprint density at radius 3 is 2.52 bits per heavy atom. The van der Waals surface area contributed by atoms with E-state index in [9.17, 15) is 25.1 Å². The van der Waals surface area contributed by atoms with Gasteiger partial charge in [-0.1, -0.05) is 23.2 Å². The Kier molecular flexibility index (Phi) is 5.62. The summed E-state index contributed by atoms with van der Waals surface area (Å²) in [6.07, 6.45) is 3.75. The zero-order chi connectivity index (χ0) is 21.3. The Labute approximate surface area is 173 Å². The zero-order valence-electron chi connectivity index (χ0n) is 14.7. The second-order valence-corrected chi connectivity index (χ2v) is 6.49. The third kappa shape index (κ3) is 3.69. The number of aromatic hydroxyl groups is 2. The highest BCUT2D eigenvalue weighted by Crippen LogP contribution is 2.44. The maximum atomic E-state index is 12.7. The molecule has 29 heavy (non-hydrogen) atoms. The largest absolute Gasteiger partial charge is 0.504 e. The van der Waals surface area contributed by atoms with Crippen LogP contribution >= 0.6 is 23.2 Å². The van der Waals surface area contributed by atoms with Crippen molar-refractivity contribution in [3.05, 3.63) is 56.5 Å². The number of hydrogen-bond donors (Lipinski definition) is 2. The van der Waals surface area contributed by atoms with Gasteiger partial charge in [-0.05, 0) is 18.6 Å². The number of nitrogens with zero attached hydrogens (tertiary/aromatic N) is 2. The maximum Gasteiger partial charge on any atom is 0.342 e. The molecular weight excluding hydrogens is 427 g/mol. The molecule has 3 rings (SSSR count). The molecule has 0 aliphatic heterocycles. The number of nitro benzene ring substituents is 1. The summed E-state index contributed by atoms with van der Waals surface area (Å²) in [6, 6.07) is 2.04. The molecule has 0 spiro atoms. The Hall–Kier alpha value is -3.30. The van der Waals surface area contributed by atoms with Crippen molar-refractivity contribution in [2.45, 2.75) is 6.92 Å². The van der Waals surface area contributed by atoms with Crippen LogP contribution in [0.3, 0.4) is 0 Å². The summed E-state index contributed by atoms with van der Waals surface area (Å²) in [5, 5.41) is 31.0. The molecule has 0 aliphatic rings. The van der Waals surface area contributed by atoms with Gasteiger partial charge in [0.15, 0.2) is 11.5 Å². The molecule has 0 saturated heterocycles. The number of hydrogen-bond acceptors (Lipinski definition) is 8. The lowest BCUT2D eigenvalue weighted by Gasteiger charge is -2.09. The van der Waals surface area contributed by atoms with Crippen molar-refractivity contribution < 1.29 is 29.1 Å². The van der Waals surface area contributed by atoms with E-state index in [1.54, 1.807) is 6.92 Å². The molecule has 2 N–H and O–H groups in total. The van der Waals surface area contributed by atoms with Crippen LogP contribution < -0.4 is 0 Å². The fourth-order valence-corrected chi connectivity index (χ4v) is 3.22. The van der Waals surface area contributed by atoms with Crippen LogP contribution in [-0.2, 0) is 4.74 Å². The van der Waals surface area contributed by atoms with E-state index in [2.05, 4.69) is 4.98 Å². The summed E-state index contributed by atoms with van der Waals surface area (Å²) < 4.78 is 10.6. The van der Waals surface area contributed by atoms with Gasteiger partial charge in [-0.2, -0.15) is 0 Å². The topological polar surface area (TPSA) is 136 Å². The van der Waals surface area contributed by atoms with Crippen molar-refractivity contribution in [3.63, 3.8) is 0 Å². The monoisotopic (exact) mass is 438 g/mol. The number of nitro groups is 1. The SMILES string of the molecule is CCOC(=O)c1c(-c2cc(O)c(O)c([N+](=O)[O-])c2)coc1-c1c(Cl)cncc1Cl. The van der Waals surface area contributed by atoms with E-state index in [1.165, 1.54) is 12.4 Å². The number of carbonyl (C=O) groups excluding carboxylic acids is 1. The van der Waals surface area contributed by atoms with Crippen LogP contribution in [0.5, 0.6) is 11.5 Å². The van der Waals surface area contributed by atoms with Crippen molar-refractivity contribution in [1.82, 2.24) is 4.98 Å². The van der Waals surface area contributed by atoms with Crippen molar-refractivity contribution in [2.24, 2.45) is 0 Å². The molecule has 0 saturated carbocycles. The van der Waals surface area contributed by atoms with Crippen LogP contribution in [0.2, 0.25) is 10.0 Å². The van der Waals surface area contributed by atoms with Gasteiger partial charge in [0, 0.05) is 24.0 Å². The molecule has 0 atom stereocenters. The minimum absolute atomic E-state index is 0.0337. The van der Waals surface area contributed by atoms with Gasteiger partial charge in [-0.15, -0.1) is 0 Å². The number of ether oxygens (including phenoxy) is 1. The lowest BCUT2D eigenvalue weighted by Crippen LogP contribution is -2.07. The van der Waals surface area contributed by atoms with E-state index >= 15 is 0 Å². The first-order valence-corrected chi connectivity index (χ1v) is 8.80. The van der Waals surface area contributed by atoms with Gasteiger partial charge in [0.25, 0.3) is 0 Å². The van der Waals surface area contributed by atoms with Crippen molar-refractivity contribution in [2.75, 3.05) is 6.61 Å². The number of esters is 1. The van der Waals surface area contributed by atoms with Gasteiger partial charge in [0.1, 0.15) is 5.56 Å². The quantitative estimate of drug-likeness (QED) is 0.250. The molecular formula is C18H12Cl2N2O7. The number of furan rings is 1. The number of benzene rings is 1. The molecule has 2 heterocycles. The molecule has 0 bridgehead atoms. The number of halogens is 2. The van der Waals surface area contributed by atoms with Crippen LogP contribution in [0.4, 0.5) is 5.69 Å². The number of rotatable bonds is 5. The van der Waals surface area contributed by atoms with Crippen LogP contribution in [0, 0.1) is 10.1 Å². The fraction of sp³-hybridized carbons (Fsp3) is 0.111. The molecule has 9 nitrogen and oxygen atoms in total. The molecule has 11 heteroatoms. The van der Waals surface area contributed by atoms with Crippen LogP contribution in [0.25, 0.3) is 22.5 Å². The molecule has 2 aromatic heterocycles. The van der Waals surface area contributed by atoms with E-state index in [0.717, 1.165) is 18.4 Å². The number of phenolic OH excluding ortho intramolecular Hbond substituents is 2. The van der Waals surface area contributed by atoms with Gasteiger partial charge in [0.05, 0.1) is 33.4 Å². The fourth-order valence-electron chi connectivity index (χ4n) is 2.69. The Morgan fingerprint density at radius 2 is 1.93 bits per heavy atom. The number of pyridine rings is 1. The van der Waals surface area contributed by atoms with Gasteiger partial charge < -0.3 is 19.4 Å². The predicted molar refractivity (Wildman–Crippen MR) is 103 cm³/mol. The molecule has 0 unspecified atom stereocenters. The van der Waals surface area contributed by atoms with Crippen molar-refractivity contribution >= 4 is 34.9 Å². The smallest absolute Gasteiger partial charge is 0.342 e. The first kappa shape index (κ1) is 20.4. The molecule has 1 aromatic carbocycles. The summed E-state index contributed by atoms with van der Waals surface area (Å²) in [5.74, 6) is -2.48. The molecule has 0 radical (unpaired) electrons. The third-order valence-corrected chi connectivity index (χ3v) is 4.50. The second-order valence-electron chi connectivity index (χ2n) is 5.67. The van der Waals surface area contributed by atoms with Gasteiger partial charge in [-0.25, -0.2) is 4.79 Å². The Morgan fingerprint density at radius 1 is 1.28 bits per heavy atom. The van der Waals surface area contributed by atoms with Gasteiger partial charge in [0.2, 0.25) is 5.75 Å². The van der Waals surface area contributed by atoms with Crippen LogP contribution in [-0.4, -0.2) is 32.7 Å². The number of carbonyl (C=O) groups is 1. The Balaban J connectivity index is 2.31. The summed E-state index contributed by atoms with van der Waals surface area (Å²) in [5.41, 5.74) is -0.582. The lowest BCUT2D eigenvalue weighted by molar-refractivity contribution is -0.385. The van der Waals surface area contributed by atoms with Crippen LogP contribution in [0.15, 0.2) is 35.2 Å². The molecule has 0 fully saturated rings. The summed E-state index contributed by atoms with van der Waals surface area (Å²) >= 11 is 12.3. The third-order valence-electron chi connectivity index (χ3n) is 3.93. The van der Waals surface area contributed by atoms with E-state index in [4.69, 9.17) is 32.4 Å². The minimum atomic E-state index is -0.902. The first-order valence-electron chi connectivity index (χ1n) is 8.04. The van der Waals surface area contributed by atoms with E-state index < -0.39 is 28.1 Å². The predicted octanol–water partition coefficient (Wildman–Crippen LogP) is 4.81. The molecule has 150 valence electrons. The highest BCUT2D eigenvalue weighted by atomic mass is 35.5. The molecule has 0 amide bonds. The Bertz CT molecular complexity index is 1110. The standard InChI is InChI=1S/C18H12Cl2N2O7/c1-2-28-18(25)14-9(8-3-12(22(26)27)16(24)13(23)4-8)7-29-17(14)15-10(19)5-21-6-11(15)20/h3-7,23-24H,2H2,1H3. The van der Waals surface area contributed by atoms with E-state index in [-0.39, 0.29) is 44.7 Å². The normalized spacial score (nSPS) is 10.7. The number of aromatic nitrogens is 1. The lowest BCUT2D eigenvalue weighted by atomic mass is 9.99. The average molecular weight is 439 g/mol. The summed E-state index contributed by atoms with van der Waals surface area (Å²) in [6.45, 7) is 1.64. The molecule has 3 aromatic rings. The molecule has 0 aliphatic carbocycles. The summed E-state index contributed by atoms with van der Waals surface area (Å²) in [7, 11) is 0. The van der Waals surface area contributed by atoms with Crippen molar-refractivity contribution in [3.8, 4) is 33.9 Å². The highest BCUT2D eigenvalue weighted by molar-refractivity contribution is 6.39. The average Bonchev–Trinajstić information content (AvgIpc) is 3.08. The van der Waals surface area contributed by atoms with Crippen LogP contribution in [0.1, 0.15) is 17.3 Å². The number of phenols is 2. The minimum Gasteiger partial charge on any atom is -0.504 e. The van der Waals surface area contributed by atoms with Crippen molar-refractivity contribution in [1.29, 1.82) is 0 Å². The van der Waals surface area contributed by atoms with E-state index in [0.29, 0.717) is 0 Å². The van der Waals surface area contributed by atoms with E-state index in [1.807, 2.05) is 0 Å². The summed E-state index contributed by atoms with van der Waals surface area (Å²) in [4.78, 5) is 26.8. The first-order chi connectivity index (χ1) is 13.8. The zero-order valence-corrected chi connectivity index (χ0v) is 16.2. The van der Waals surface area contributed by atoms with Gasteiger partial charge in [-0.3, -0.25) is 15.1 Å². The second kappa shape index (κ2) is 7.98. The van der Waals surface area contributed by atoms with Gasteiger partial charge >= 0.3 is 11.7 Å². The highest BCUT2D eigenvalue weighted by Gasteiger charge is 2.29.